The molecule has 1 aromatic rings. The fourth-order valence-electron chi connectivity index (χ4n) is 4.21. The fourth-order valence-corrected chi connectivity index (χ4v) is 4.47. The number of allylic oxidation sites excluding steroid dienone is 2. The van der Waals surface area contributed by atoms with E-state index in [9.17, 15) is 4.79 Å². The highest BCUT2D eigenvalue weighted by Gasteiger charge is 2.54. The Balaban J connectivity index is 1.83. The maximum atomic E-state index is 12.6. The topological polar surface area (TPSA) is 17.1 Å². The van der Waals surface area contributed by atoms with Crippen molar-refractivity contribution in [1.29, 1.82) is 0 Å². The normalized spacial score (nSPS) is 36.4. The van der Waals surface area contributed by atoms with Gasteiger partial charge < -0.3 is 0 Å². The molecule has 1 nitrogen and oxygen atoms in total. The molecule has 1 fully saturated rings. The lowest BCUT2D eigenvalue weighted by molar-refractivity contribution is -0.130. The zero-order chi connectivity index (χ0) is 12.3. The quantitative estimate of drug-likeness (QED) is 0.650. The molecule has 3 atom stereocenters. The first-order chi connectivity index (χ1) is 8.69. The van der Waals surface area contributed by atoms with Gasteiger partial charge >= 0.3 is 0 Å². The molecule has 0 saturated heterocycles. The van der Waals surface area contributed by atoms with Crippen molar-refractivity contribution in [2.24, 2.45) is 17.3 Å². The number of hydrogen-bond acceptors (Lipinski definition) is 1. The van der Waals surface area contributed by atoms with Crippen LogP contribution in [-0.4, -0.2) is 5.78 Å². The van der Waals surface area contributed by atoms with Crippen LogP contribution in [0.1, 0.15) is 24.0 Å². The van der Waals surface area contributed by atoms with Gasteiger partial charge in [0.25, 0.3) is 0 Å². The summed E-state index contributed by atoms with van der Waals surface area (Å²) in [6.45, 7) is 0. The smallest absolute Gasteiger partial charge is 0.144 e. The maximum absolute atomic E-state index is 12.6. The highest BCUT2D eigenvalue weighted by atomic mass is 35.5. The number of fused-ring (bicyclic) bond motifs is 4. The lowest BCUT2D eigenvalue weighted by atomic mass is 9.63. The molecule has 0 heterocycles. The summed E-state index contributed by atoms with van der Waals surface area (Å²) in [7, 11) is 0. The Labute approximate surface area is 112 Å². The van der Waals surface area contributed by atoms with Crippen LogP contribution < -0.4 is 0 Å². The lowest BCUT2D eigenvalue weighted by Crippen LogP contribution is -2.41. The molecular formula is C16H15ClO. The van der Waals surface area contributed by atoms with Gasteiger partial charge in [0, 0.05) is 16.9 Å². The molecule has 3 unspecified atom stereocenters. The van der Waals surface area contributed by atoms with Gasteiger partial charge in [0.2, 0.25) is 0 Å². The minimum absolute atomic E-state index is 0.128. The molecule has 4 rings (SSSR count). The van der Waals surface area contributed by atoms with Crippen LogP contribution in [0.15, 0.2) is 30.4 Å². The van der Waals surface area contributed by atoms with E-state index in [1.807, 2.05) is 12.1 Å². The predicted molar refractivity (Wildman–Crippen MR) is 71.7 cm³/mol. The van der Waals surface area contributed by atoms with E-state index < -0.39 is 0 Å². The lowest BCUT2D eigenvalue weighted by Gasteiger charge is -2.38. The number of halogens is 1. The molecule has 0 N–H and O–H groups in total. The Morgan fingerprint density at radius 1 is 1.28 bits per heavy atom. The first-order valence-corrected chi connectivity index (χ1v) is 7.05. The summed E-state index contributed by atoms with van der Waals surface area (Å²) in [6.07, 6.45) is 8.21. The van der Waals surface area contributed by atoms with E-state index in [1.165, 1.54) is 12.0 Å². The van der Waals surface area contributed by atoms with E-state index in [1.54, 1.807) is 0 Å². The van der Waals surface area contributed by atoms with Crippen molar-refractivity contribution >= 4 is 17.4 Å². The Kier molecular flexibility index (Phi) is 2.09. The zero-order valence-corrected chi connectivity index (χ0v) is 10.9. The second kappa shape index (κ2) is 3.48. The van der Waals surface area contributed by atoms with Crippen molar-refractivity contribution in [2.45, 2.75) is 25.7 Å². The molecule has 92 valence electrons. The van der Waals surface area contributed by atoms with Gasteiger partial charge in [0.15, 0.2) is 0 Å². The van der Waals surface area contributed by atoms with Crippen LogP contribution in [0.4, 0.5) is 0 Å². The van der Waals surface area contributed by atoms with Crippen molar-refractivity contribution in [3.05, 3.63) is 46.5 Å². The number of carbonyl (C=O) groups excluding carboxylic acids is 1. The Bertz CT molecular complexity index is 574. The first-order valence-electron chi connectivity index (χ1n) is 6.67. The van der Waals surface area contributed by atoms with E-state index in [4.69, 9.17) is 11.6 Å². The second-order valence-corrected chi connectivity index (χ2v) is 6.41. The highest BCUT2D eigenvalue weighted by molar-refractivity contribution is 6.31. The van der Waals surface area contributed by atoms with Crippen molar-refractivity contribution in [3.8, 4) is 0 Å². The minimum Gasteiger partial charge on any atom is -0.299 e. The van der Waals surface area contributed by atoms with Crippen LogP contribution in [0.25, 0.3) is 0 Å². The minimum atomic E-state index is -0.128. The molecule has 18 heavy (non-hydrogen) atoms. The third-order valence-electron chi connectivity index (χ3n) is 5.12. The van der Waals surface area contributed by atoms with Crippen molar-refractivity contribution < 1.29 is 4.79 Å². The van der Waals surface area contributed by atoms with Gasteiger partial charge in [-0.3, -0.25) is 4.79 Å². The molecule has 0 aliphatic heterocycles. The summed E-state index contributed by atoms with van der Waals surface area (Å²) >= 11 is 6.32. The number of hydrogen-bond donors (Lipinski definition) is 0. The van der Waals surface area contributed by atoms with Gasteiger partial charge in [0.05, 0.1) is 0 Å². The Hall–Kier alpha value is -1.08. The first kappa shape index (κ1) is 10.8. The number of rotatable bonds is 0. The summed E-state index contributed by atoms with van der Waals surface area (Å²) in [6, 6.07) is 5.95. The van der Waals surface area contributed by atoms with Crippen LogP contribution >= 0.6 is 11.6 Å². The molecule has 3 aliphatic rings. The van der Waals surface area contributed by atoms with E-state index in [0.717, 1.165) is 23.4 Å². The Morgan fingerprint density at radius 3 is 2.89 bits per heavy atom. The number of benzene rings is 1. The number of ketones is 1. The highest BCUT2D eigenvalue weighted by Crippen LogP contribution is 2.56. The average Bonchev–Trinajstić information content (AvgIpc) is 2.93. The molecular weight excluding hydrogens is 244 g/mol. The van der Waals surface area contributed by atoms with Crippen molar-refractivity contribution in [1.82, 2.24) is 0 Å². The van der Waals surface area contributed by atoms with Gasteiger partial charge in [-0.1, -0.05) is 35.9 Å². The molecule has 0 aromatic heterocycles. The molecule has 1 saturated carbocycles. The van der Waals surface area contributed by atoms with Gasteiger partial charge in [-0.15, -0.1) is 0 Å². The third-order valence-corrected chi connectivity index (χ3v) is 5.48. The molecule has 2 heteroatoms. The van der Waals surface area contributed by atoms with Gasteiger partial charge in [0.1, 0.15) is 5.78 Å². The summed E-state index contributed by atoms with van der Waals surface area (Å²) in [4.78, 5) is 12.6. The Morgan fingerprint density at radius 2 is 2.17 bits per heavy atom. The monoisotopic (exact) mass is 258 g/mol. The molecule has 2 bridgehead atoms. The maximum Gasteiger partial charge on any atom is 0.144 e. The van der Waals surface area contributed by atoms with Gasteiger partial charge in [-0.2, -0.15) is 0 Å². The van der Waals surface area contributed by atoms with E-state index >= 15 is 0 Å². The molecule has 3 aliphatic carbocycles. The fraction of sp³-hybridized carbons (Fsp3) is 0.438. The number of Topliss-reactive ketones (excluding diaryl/α,β-unsaturated/α-hetero) is 1. The number of carbonyl (C=O) groups is 1. The van der Waals surface area contributed by atoms with Crippen LogP contribution in [0.2, 0.25) is 5.02 Å². The molecule has 0 amide bonds. The van der Waals surface area contributed by atoms with Crippen molar-refractivity contribution in [2.75, 3.05) is 0 Å². The molecule has 1 spiro atoms. The predicted octanol–water partition coefficient (Wildman–Crippen LogP) is 3.59. The third kappa shape index (κ3) is 1.26. The van der Waals surface area contributed by atoms with Crippen LogP contribution in [0.3, 0.4) is 0 Å². The summed E-state index contributed by atoms with van der Waals surface area (Å²) in [5.41, 5.74) is 2.24. The molecule has 0 radical (unpaired) electrons. The SMILES string of the molecule is O=C1Cc2cccc(Cl)c2CC12CC1C=CC2C1. The van der Waals surface area contributed by atoms with Crippen molar-refractivity contribution in [3.63, 3.8) is 0 Å². The van der Waals surface area contributed by atoms with E-state index in [-0.39, 0.29) is 5.41 Å². The summed E-state index contributed by atoms with van der Waals surface area (Å²) in [5, 5.41) is 0.839. The summed E-state index contributed by atoms with van der Waals surface area (Å²) < 4.78 is 0. The zero-order valence-electron chi connectivity index (χ0n) is 10.2. The second-order valence-electron chi connectivity index (χ2n) is 6.00. The van der Waals surface area contributed by atoms with Crippen LogP contribution in [0.5, 0.6) is 0 Å². The van der Waals surface area contributed by atoms with Crippen LogP contribution in [0, 0.1) is 17.3 Å². The standard InChI is InChI=1S/C16H15ClO/c17-14-3-1-2-11-7-15(18)16(9-13(11)14)8-10-4-5-12(16)6-10/h1-5,10,12H,6-9H2. The average molecular weight is 259 g/mol. The molecule has 1 aromatic carbocycles. The van der Waals surface area contributed by atoms with E-state index in [2.05, 4.69) is 18.2 Å². The largest absolute Gasteiger partial charge is 0.299 e. The summed E-state index contributed by atoms with van der Waals surface area (Å²) in [5.74, 6) is 1.52. The van der Waals surface area contributed by atoms with Crippen LogP contribution in [-0.2, 0) is 17.6 Å². The van der Waals surface area contributed by atoms with E-state index in [0.29, 0.717) is 24.0 Å². The van der Waals surface area contributed by atoms with Gasteiger partial charge in [-0.25, -0.2) is 0 Å². The van der Waals surface area contributed by atoms with Gasteiger partial charge in [-0.05, 0) is 48.3 Å².